The molecule has 0 spiro atoms. The molecule has 2 heteroatoms. The monoisotopic (exact) mass is 220 g/mol. The Morgan fingerprint density at radius 2 is 1.87 bits per heavy atom. The second-order valence-electron chi connectivity index (χ2n) is 3.94. The Kier molecular flexibility index (Phi) is 2.92. The van der Waals surface area contributed by atoms with Gasteiger partial charge in [0.25, 0.3) is 0 Å². The van der Waals surface area contributed by atoms with Crippen LogP contribution in [0, 0.1) is 5.41 Å². The van der Waals surface area contributed by atoms with Gasteiger partial charge in [-0.3, -0.25) is 0 Å². The number of allylic oxidation sites excluding steroid dienone is 8. The topological polar surface area (TPSA) is 17.1 Å². The number of alkyl halides is 1. The number of rotatable bonds is 3. The van der Waals surface area contributed by atoms with Crippen LogP contribution >= 0.6 is 11.6 Å². The average Bonchev–Trinajstić information content (AvgIpc) is 2.97. The van der Waals surface area contributed by atoms with Crippen molar-refractivity contribution in [2.24, 2.45) is 5.41 Å². The summed E-state index contributed by atoms with van der Waals surface area (Å²) in [5.74, 6) is 0. The zero-order chi connectivity index (χ0) is 10.7. The third-order valence-electron chi connectivity index (χ3n) is 3.01. The van der Waals surface area contributed by atoms with Gasteiger partial charge in [-0.25, -0.2) is 0 Å². The lowest BCUT2D eigenvalue weighted by Crippen LogP contribution is -2.19. The maximum Gasteiger partial charge on any atom is 0.138 e. The first-order chi connectivity index (χ1) is 7.29. The first-order valence-electron chi connectivity index (χ1n) is 5.11. The molecule has 2 rings (SSSR count). The molecule has 0 amide bonds. The van der Waals surface area contributed by atoms with E-state index in [-0.39, 0.29) is 5.41 Å². The van der Waals surface area contributed by atoms with Gasteiger partial charge in [0, 0.05) is 5.41 Å². The van der Waals surface area contributed by atoms with Gasteiger partial charge in [0.05, 0.1) is 5.38 Å². The molecule has 0 aromatic carbocycles. The van der Waals surface area contributed by atoms with E-state index in [1.165, 1.54) is 0 Å². The van der Waals surface area contributed by atoms with Gasteiger partial charge in [-0.2, -0.15) is 0 Å². The lowest BCUT2D eigenvalue weighted by Gasteiger charge is -2.18. The summed E-state index contributed by atoms with van der Waals surface area (Å²) in [6.45, 7) is 0. The zero-order valence-corrected chi connectivity index (χ0v) is 9.15. The summed E-state index contributed by atoms with van der Waals surface area (Å²) in [6.07, 6.45) is 16.9. The molecule has 0 heterocycles. The van der Waals surface area contributed by atoms with Crippen molar-refractivity contribution in [1.29, 1.82) is 0 Å². The van der Waals surface area contributed by atoms with Crippen molar-refractivity contribution >= 4 is 17.9 Å². The Balaban J connectivity index is 2.26. The molecule has 2 aliphatic rings. The molecule has 2 aliphatic carbocycles. The van der Waals surface area contributed by atoms with E-state index in [1.807, 2.05) is 42.5 Å². The van der Waals surface area contributed by atoms with Crippen molar-refractivity contribution in [3.63, 3.8) is 0 Å². The van der Waals surface area contributed by atoms with Gasteiger partial charge >= 0.3 is 0 Å². The number of hydrogen-bond acceptors (Lipinski definition) is 1. The SMILES string of the molecule is O=CC(Cl)C1(C2=CC=CC=CC=C2)CC1. The lowest BCUT2D eigenvalue weighted by atomic mass is 9.91. The van der Waals surface area contributed by atoms with E-state index in [1.54, 1.807) is 0 Å². The predicted octanol–water partition coefficient (Wildman–Crippen LogP) is 3.18. The largest absolute Gasteiger partial charge is 0.302 e. The van der Waals surface area contributed by atoms with Crippen LogP contribution in [0.5, 0.6) is 0 Å². The molecule has 78 valence electrons. The highest BCUT2D eigenvalue weighted by Crippen LogP contribution is 2.56. The van der Waals surface area contributed by atoms with E-state index in [2.05, 4.69) is 0 Å². The van der Waals surface area contributed by atoms with Crippen molar-refractivity contribution in [3.05, 3.63) is 48.1 Å². The van der Waals surface area contributed by atoms with Crippen LogP contribution in [0.2, 0.25) is 0 Å². The van der Waals surface area contributed by atoms with E-state index in [9.17, 15) is 4.79 Å². The first-order valence-corrected chi connectivity index (χ1v) is 5.55. The molecule has 1 fully saturated rings. The molecule has 1 saturated carbocycles. The van der Waals surface area contributed by atoms with Gasteiger partial charge in [0.2, 0.25) is 0 Å². The van der Waals surface area contributed by atoms with Crippen molar-refractivity contribution in [1.82, 2.24) is 0 Å². The highest BCUT2D eigenvalue weighted by molar-refractivity contribution is 6.28. The normalized spacial score (nSPS) is 23.9. The van der Waals surface area contributed by atoms with Gasteiger partial charge in [0.15, 0.2) is 0 Å². The number of hydrogen-bond donors (Lipinski definition) is 0. The second kappa shape index (κ2) is 4.19. The fourth-order valence-corrected chi connectivity index (χ4v) is 2.23. The molecule has 0 saturated heterocycles. The van der Waals surface area contributed by atoms with E-state index >= 15 is 0 Å². The van der Waals surface area contributed by atoms with Crippen LogP contribution in [0.4, 0.5) is 0 Å². The zero-order valence-electron chi connectivity index (χ0n) is 8.40. The highest BCUT2D eigenvalue weighted by Gasteiger charge is 2.50. The Morgan fingerprint density at radius 3 is 2.53 bits per heavy atom. The van der Waals surface area contributed by atoms with Crippen LogP contribution in [-0.2, 0) is 4.79 Å². The summed E-state index contributed by atoms with van der Waals surface area (Å²) in [5.41, 5.74) is 1.06. The van der Waals surface area contributed by atoms with Gasteiger partial charge in [-0.05, 0) is 18.4 Å². The maximum atomic E-state index is 10.8. The molecule has 1 nitrogen and oxygen atoms in total. The fraction of sp³-hybridized carbons (Fsp3) is 0.308. The van der Waals surface area contributed by atoms with E-state index < -0.39 is 5.38 Å². The molecule has 0 bridgehead atoms. The summed E-state index contributed by atoms with van der Waals surface area (Å²) in [4.78, 5) is 10.8. The molecule has 0 aromatic heterocycles. The third kappa shape index (κ3) is 1.98. The molecule has 0 aromatic rings. The molecule has 0 aliphatic heterocycles. The summed E-state index contributed by atoms with van der Waals surface area (Å²) in [6, 6.07) is 0. The van der Waals surface area contributed by atoms with Crippen molar-refractivity contribution in [2.45, 2.75) is 18.2 Å². The summed E-state index contributed by atoms with van der Waals surface area (Å²) < 4.78 is 0. The van der Waals surface area contributed by atoms with Gasteiger partial charge < -0.3 is 4.79 Å². The third-order valence-corrected chi connectivity index (χ3v) is 3.53. The number of aldehydes is 1. The summed E-state index contributed by atoms with van der Waals surface area (Å²) >= 11 is 6.06. The number of halogens is 1. The van der Waals surface area contributed by atoms with Crippen molar-refractivity contribution in [2.75, 3.05) is 0 Å². The maximum absolute atomic E-state index is 10.8. The predicted molar refractivity (Wildman–Crippen MR) is 62.9 cm³/mol. The van der Waals surface area contributed by atoms with E-state index in [0.29, 0.717) is 0 Å². The average molecular weight is 221 g/mol. The minimum Gasteiger partial charge on any atom is -0.302 e. The smallest absolute Gasteiger partial charge is 0.138 e. The summed E-state index contributed by atoms with van der Waals surface area (Å²) in [7, 11) is 0. The fourth-order valence-electron chi connectivity index (χ4n) is 1.89. The van der Waals surface area contributed by atoms with Crippen LogP contribution in [0.1, 0.15) is 12.8 Å². The highest BCUT2D eigenvalue weighted by atomic mass is 35.5. The minimum absolute atomic E-state index is 0.102. The van der Waals surface area contributed by atoms with Gasteiger partial charge in [-0.15, -0.1) is 11.6 Å². The van der Waals surface area contributed by atoms with Gasteiger partial charge in [-0.1, -0.05) is 42.5 Å². The molecular formula is C13H13ClO. The Labute approximate surface area is 94.8 Å². The van der Waals surface area contributed by atoms with Crippen LogP contribution < -0.4 is 0 Å². The Morgan fingerprint density at radius 1 is 1.20 bits per heavy atom. The Hall–Kier alpha value is -1.08. The van der Waals surface area contributed by atoms with Crippen LogP contribution in [-0.4, -0.2) is 11.7 Å². The second-order valence-corrected chi connectivity index (χ2v) is 4.42. The lowest BCUT2D eigenvalue weighted by molar-refractivity contribution is -0.108. The molecule has 1 atom stereocenters. The van der Waals surface area contributed by atoms with Crippen molar-refractivity contribution in [3.8, 4) is 0 Å². The minimum atomic E-state index is -0.398. The van der Waals surface area contributed by atoms with Crippen LogP contribution in [0.3, 0.4) is 0 Å². The van der Waals surface area contributed by atoms with E-state index in [4.69, 9.17) is 11.6 Å². The molecular weight excluding hydrogens is 208 g/mol. The first kappa shape index (κ1) is 10.4. The molecule has 0 radical (unpaired) electrons. The standard InChI is InChI=1S/C13H13ClO/c14-12(10-15)13(8-9-13)11-6-4-2-1-3-5-7-11/h1-7,10,12H,8-9H2. The Bertz CT molecular complexity index is 370. The molecule has 15 heavy (non-hydrogen) atoms. The summed E-state index contributed by atoms with van der Waals surface area (Å²) in [5, 5.41) is -0.398. The van der Waals surface area contributed by atoms with E-state index in [0.717, 1.165) is 24.7 Å². The number of carbonyl (C=O) groups is 1. The number of carbonyl (C=O) groups excluding carboxylic acids is 1. The van der Waals surface area contributed by atoms with Gasteiger partial charge in [0.1, 0.15) is 6.29 Å². The quantitative estimate of drug-likeness (QED) is 0.528. The van der Waals surface area contributed by atoms with Crippen molar-refractivity contribution < 1.29 is 4.79 Å². The molecule has 1 unspecified atom stereocenters. The van der Waals surface area contributed by atoms with Crippen LogP contribution in [0.25, 0.3) is 0 Å². The molecule has 0 N–H and O–H groups in total. The van der Waals surface area contributed by atoms with Crippen LogP contribution in [0.15, 0.2) is 48.1 Å².